The van der Waals surface area contributed by atoms with E-state index in [2.05, 4.69) is 30.8 Å². The molecule has 2 unspecified atom stereocenters. The maximum absolute atomic E-state index is 12.5. The lowest BCUT2D eigenvalue weighted by Crippen LogP contribution is -2.56. The average molecular weight is 302 g/mol. The first kappa shape index (κ1) is 14.6. The standard InChI is InChI=1S/C13H17Cl2N3O/c1-8-6-18(7-9(2)17(8)3)13(19)12-10(14)4-5-11(15)16-12/h4-5,8-9H,6-7H2,1-3H3. The molecule has 4 nitrogen and oxygen atoms in total. The van der Waals surface area contributed by atoms with Crippen molar-refractivity contribution in [3.05, 3.63) is 28.0 Å². The molecule has 1 aliphatic rings. The second kappa shape index (κ2) is 5.65. The van der Waals surface area contributed by atoms with Crippen LogP contribution in [0, 0.1) is 0 Å². The zero-order valence-corrected chi connectivity index (χ0v) is 12.7. The Morgan fingerprint density at radius 2 is 1.84 bits per heavy atom. The maximum atomic E-state index is 12.5. The molecule has 1 aliphatic heterocycles. The zero-order chi connectivity index (χ0) is 14.2. The minimum Gasteiger partial charge on any atom is -0.334 e. The Morgan fingerprint density at radius 3 is 2.42 bits per heavy atom. The number of likely N-dealkylation sites (N-methyl/N-ethyl adjacent to an activating group) is 1. The molecule has 2 heterocycles. The molecule has 1 aromatic heterocycles. The van der Waals surface area contributed by atoms with Gasteiger partial charge in [-0.05, 0) is 33.0 Å². The fourth-order valence-corrected chi connectivity index (χ4v) is 2.62. The van der Waals surface area contributed by atoms with Gasteiger partial charge >= 0.3 is 0 Å². The number of halogens is 2. The second-order valence-corrected chi connectivity index (χ2v) is 5.83. The van der Waals surface area contributed by atoms with Crippen LogP contribution in [-0.4, -0.2) is 52.9 Å². The highest BCUT2D eigenvalue weighted by molar-refractivity contribution is 6.34. The first-order valence-electron chi connectivity index (χ1n) is 6.23. The molecule has 1 amide bonds. The average Bonchev–Trinajstić information content (AvgIpc) is 2.37. The van der Waals surface area contributed by atoms with Crippen LogP contribution in [0.1, 0.15) is 24.3 Å². The predicted molar refractivity (Wildman–Crippen MR) is 76.8 cm³/mol. The summed E-state index contributed by atoms with van der Waals surface area (Å²) in [4.78, 5) is 20.6. The van der Waals surface area contributed by atoms with Crippen molar-refractivity contribution in [1.82, 2.24) is 14.8 Å². The summed E-state index contributed by atoms with van der Waals surface area (Å²) in [7, 11) is 2.07. The Bertz CT molecular complexity index is 483. The third-order valence-corrected chi connectivity index (χ3v) is 4.18. The first-order valence-corrected chi connectivity index (χ1v) is 6.99. The Hall–Kier alpha value is -0.840. The fourth-order valence-electron chi connectivity index (χ4n) is 2.29. The van der Waals surface area contributed by atoms with Crippen molar-refractivity contribution in [2.24, 2.45) is 0 Å². The number of rotatable bonds is 1. The molecule has 0 bridgehead atoms. The van der Waals surface area contributed by atoms with Gasteiger partial charge in [-0.15, -0.1) is 0 Å². The van der Waals surface area contributed by atoms with Gasteiger partial charge in [-0.2, -0.15) is 0 Å². The number of carbonyl (C=O) groups excluding carboxylic acids is 1. The minimum atomic E-state index is -0.153. The van der Waals surface area contributed by atoms with Crippen LogP contribution in [0.5, 0.6) is 0 Å². The van der Waals surface area contributed by atoms with Crippen molar-refractivity contribution in [2.75, 3.05) is 20.1 Å². The van der Waals surface area contributed by atoms with Gasteiger partial charge in [-0.25, -0.2) is 4.98 Å². The van der Waals surface area contributed by atoms with E-state index in [0.29, 0.717) is 30.2 Å². The molecule has 0 saturated carbocycles. The van der Waals surface area contributed by atoms with Gasteiger partial charge in [0.25, 0.3) is 5.91 Å². The van der Waals surface area contributed by atoms with Crippen LogP contribution >= 0.6 is 23.2 Å². The van der Waals surface area contributed by atoms with Crippen molar-refractivity contribution in [2.45, 2.75) is 25.9 Å². The molecular weight excluding hydrogens is 285 g/mol. The molecular formula is C13H17Cl2N3O. The van der Waals surface area contributed by atoms with Crippen molar-refractivity contribution in [1.29, 1.82) is 0 Å². The first-order chi connectivity index (χ1) is 8.90. The largest absolute Gasteiger partial charge is 0.334 e. The van der Waals surface area contributed by atoms with Gasteiger partial charge in [-0.1, -0.05) is 23.2 Å². The van der Waals surface area contributed by atoms with Crippen LogP contribution in [0.4, 0.5) is 0 Å². The SMILES string of the molecule is CC1CN(C(=O)c2nc(Cl)ccc2Cl)CC(C)N1C. The Morgan fingerprint density at radius 1 is 1.26 bits per heavy atom. The quantitative estimate of drug-likeness (QED) is 0.748. The number of amides is 1. The highest BCUT2D eigenvalue weighted by Crippen LogP contribution is 2.21. The predicted octanol–water partition coefficient (Wildman–Crippen LogP) is 2.55. The Labute approximate surface area is 123 Å². The van der Waals surface area contributed by atoms with Gasteiger partial charge in [0.1, 0.15) is 10.8 Å². The van der Waals surface area contributed by atoms with Crippen molar-refractivity contribution in [3.8, 4) is 0 Å². The van der Waals surface area contributed by atoms with Crippen LogP contribution in [0.25, 0.3) is 0 Å². The lowest BCUT2D eigenvalue weighted by atomic mass is 10.1. The number of aromatic nitrogens is 1. The second-order valence-electron chi connectivity index (χ2n) is 5.04. The maximum Gasteiger partial charge on any atom is 0.274 e. The molecule has 0 radical (unpaired) electrons. The summed E-state index contributed by atoms with van der Waals surface area (Å²) in [5, 5.41) is 0.622. The van der Waals surface area contributed by atoms with E-state index >= 15 is 0 Å². The summed E-state index contributed by atoms with van der Waals surface area (Å²) < 4.78 is 0. The lowest BCUT2D eigenvalue weighted by molar-refractivity contribution is 0.0409. The van der Waals surface area contributed by atoms with E-state index in [1.165, 1.54) is 0 Å². The van der Waals surface area contributed by atoms with Crippen LogP contribution in [0.3, 0.4) is 0 Å². The topological polar surface area (TPSA) is 36.4 Å². The number of nitrogens with zero attached hydrogens (tertiary/aromatic N) is 3. The van der Waals surface area contributed by atoms with E-state index in [1.807, 2.05) is 0 Å². The van der Waals surface area contributed by atoms with E-state index in [4.69, 9.17) is 23.2 Å². The molecule has 6 heteroatoms. The number of piperazine rings is 1. The molecule has 0 aliphatic carbocycles. The molecule has 1 fully saturated rings. The molecule has 19 heavy (non-hydrogen) atoms. The van der Waals surface area contributed by atoms with Gasteiger partial charge in [0, 0.05) is 25.2 Å². The number of hydrogen-bond donors (Lipinski definition) is 0. The van der Waals surface area contributed by atoms with Crippen LogP contribution in [-0.2, 0) is 0 Å². The van der Waals surface area contributed by atoms with Gasteiger partial charge in [0.2, 0.25) is 0 Å². The van der Waals surface area contributed by atoms with Crippen LogP contribution in [0.15, 0.2) is 12.1 Å². The number of hydrogen-bond acceptors (Lipinski definition) is 3. The summed E-state index contributed by atoms with van der Waals surface area (Å²) in [6.45, 7) is 5.54. The molecule has 0 aromatic carbocycles. The smallest absolute Gasteiger partial charge is 0.274 e. The van der Waals surface area contributed by atoms with Crippen LogP contribution in [0.2, 0.25) is 10.2 Å². The number of pyridine rings is 1. The Balaban J connectivity index is 2.22. The van der Waals surface area contributed by atoms with Gasteiger partial charge in [0.15, 0.2) is 0 Å². The third kappa shape index (κ3) is 3.02. The number of carbonyl (C=O) groups is 1. The normalized spacial score (nSPS) is 24.6. The van der Waals surface area contributed by atoms with Crippen molar-refractivity contribution in [3.63, 3.8) is 0 Å². The van der Waals surface area contributed by atoms with Gasteiger partial charge in [-0.3, -0.25) is 9.69 Å². The summed E-state index contributed by atoms with van der Waals surface area (Å²) >= 11 is 11.9. The van der Waals surface area contributed by atoms with E-state index in [0.717, 1.165) is 0 Å². The van der Waals surface area contributed by atoms with Crippen molar-refractivity contribution >= 4 is 29.1 Å². The van der Waals surface area contributed by atoms with Gasteiger partial charge in [0.05, 0.1) is 5.02 Å². The van der Waals surface area contributed by atoms with Crippen LogP contribution < -0.4 is 0 Å². The van der Waals surface area contributed by atoms with E-state index in [-0.39, 0.29) is 16.8 Å². The minimum absolute atomic E-state index is 0.153. The van der Waals surface area contributed by atoms with E-state index < -0.39 is 0 Å². The molecule has 1 saturated heterocycles. The fraction of sp³-hybridized carbons (Fsp3) is 0.538. The summed E-state index contributed by atoms with van der Waals surface area (Å²) in [6, 6.07) is 3.81. The van der Waals surface area contributed by atoms with Crippen molar-refractivity contribution < 1.29 is 4.79 Å². The summed E-state index contributed by atoms with van der Waals surface area (Å²) in [6.07, 6.45) is 0. The van der Waals surface area contributed by atoms with Gasteiger partial charge < -0.3 is 4.90 Å². The highest BCUT2D eigenvalue weighted by atomic mass is 35.5. The summed E-state index contributed by atoms with van der Waals surface area (Å²) in [5.74, 6) is -0.153. The molecule has 1 aromatic rings. The lowest BCUT2D eigenvalue weighted by Gasteiger charge is -2.42. The third-order valence-electron chi connectivity index (χ3n) is 3.66. The molecule has 2 rings (SSSR count). The van der Waals surface area contributed by atoms with E-state index in [1.54, 1.807) is 17.0 Å². The molecule has 0 spiro atoms. The summed E-state index contributed by atoms with van der Waals surface area (Å²) in [5.41, 5.74) is 0.234. The van der Waals surface area contributed by atoms with E-state index in [9.17, 15) is 4.79 Å². The highest BCUT2D eigenvalue weighted by Gasteiger charge is 2.31. The zero-order valence-electron chi connectivity index (χ0n) is 11.2. The monoisotopic (exact) mass is 301 g/mol. The molecule has 2 atom stereocenters. The molecule has 0 N–H and O–H groups in total. The molecule has 104 valence electrons. The Kier molecular flexibility index (Phi) is 4.33.